The van der Waals surface area contributed by atoms with Crippen LogP contribution in [0.2, 0.25) is 0 Å². The molecule has 0 aromatic carbocycles. The Morgan fingerprint density at radius 2 is 2.00 bits per heavy atom. The molecule has 0 aliphatic heterocycles. The van der Waals surface area contributed by atoms with Crippen LogP contribution < -0.4 is 0 Å². The summed E-state index contributed by atoms with van der Waals surface area (Å²) >= 11 is 5.37. The number of hydrogen-bond acceptors (Lipinski definition) is 2. The Hall–Kier alpha value is -0.760. The van der Waals surface area contributed by atoms with Gasteiger partial charge in [-0.3, -0.25) is 4.79 Å². The summed E-state index contributed by atoms with van der Waals surface area (Å²) < 4.78 is 5.32. The molecule has 1 aromatic rings. The van der Waals surface area contributed by atoms with E-state index in [-0.39, 0.29) is 5.41 Å². The van der Waals surface area contributed by atoms with Gasteiger partial charge in [0, 0.05) is 11.0 Å². The molecule has 1 aromatic heterocycles. The van der Waals surface area contributed by atoms with E-state index in [1.807, 2.05) is 27.7 Å². The Kier molecular flexibility index (Phi) is 2.53. The van der Waals surface area contributed by atoms with Gasteiger partial charge in [0.05, 0.1) is 5.56 Å². The van der Waals surface area contributed by atoms with Crippen LogP contribution in [0.5, 0.6) is 0 Å². The predicted octanol–water partition coefficient (Wildman–Crippen LogP) is 3.26. The first kappa shape index (κ1) is 10.3. The maximum atomic E-state index is 10.9. The molecule has 0 radical (unpaired) electrons. The molecule has 0 fully saturated rings. The molecule has 0 aliphatic rings. The highest BCUT2D eigenvalue weighted by molar-refractivity contribution is 6.67. The average Bonchev–Trinajstić information content (AvgIpc) is 2.28. The maximum absolute atomic E-state index is 10.9. The molecule has 0 N–H and O–H groups in total. The number of rotatable bonds is 1. The average molecular weight is 201 g/mol. The highest BCUT2D eigenvalue weighted by Crippen LogP contribution is 2.29. The fourth-order valence-electron chi connectivity index (χ4n) is 1.35. The van der Waals surface area contributed by atoms with Crippen LogP contribution in [0.25, 0.3) is 0 Å². The lowest BCUT2D eigenvalue weighted by Gasteiger charge is -2.15. The number of carbonyl (C=O) groups excluding carboxylic acids is 1. The third-order valence-electron chi connectivity index (χ3n) is 1.93. The number of furan rings is 1. The van der Waals surface area contributed by atoms with Crippen molar-refractivity contribution < 1.29 is 9.21 Å². The number of carbonyl (C=O) groups is 1. The van der Waals surface area contributed by atoms with Gasteiger partial charge in [-0.2, -0.15) is 0 Å². The molecule has 0 saturated carbocycles. The summed E-state index contributed by atoms with van der Waals surface area (Å²) in [5.74, 6) is 0.816. The van der Waals surface area contributed by atoms with E-state index in [1.165, 1.54) is 6.26 Å². The molecule has 13 heavy (non-hydrogen) atoms. The van der Waals surface area contributed by atoms with Gasteiger partial charge in [-0.15, -0.1) is 0 Å². The Balaban J connectivity index is 3.22. The summed E-state index contributed by atoms with van der Waals surface area (Å²) in [5.41, 5.74) is 1.22. The van der Waals surface area contributed by atoms with Crippen molar-refractivity contribution in [3.05, 3.63) is 23.2 Å². The van der Waals surface area contributed by atoms with Crippen molar-refractivity contribution in [2.45, 2.75) is 33.1 Å². The van der Waals surface area contributed by atoms with E-state index in [2.05, 4.69) is 0 Å². The molecule has 1 rings (SSSR count). The highest BCUT2D eigenvalue weighted by atomic mass is 35.5. The first-order chi connectivity index (χ1) is 5.84. The molecule has 72 valence electrons. The molecule has 0 unspecified atom stereocenters. The zero-order valence-corrected chi connectivity index (χ0v) is 9.03. The van der Waals surface area contributed by atoms with Crippen LogP contribution in [0.15, 0.2) is 10.7 Å². The van der Waals surface area contributed by atoms with Crippen LogP contribution in [0.4, 0.5) is 0 Å². The van der Waals surface area contributed by atoms with Crippen molar-refractivity contribution in [2.75, 3.05) is 0 Å². The summed E-state index contributed by atoms with van der Waals surface area (Å²) in [7, 11) is 0. The lowest BCUT2D eigenvalue weighted by Crippen LogP contribution is -2.11. The van der Waals surface area contributed by atoms with E-state index in [1.54, 1.807) is 0 Å². The predicted molar refractivity (Wildman–Crippen MR) is 52.3 cm³/mol. The maximum Gasteiger partial charge on any atom is 0.255 e. The zero-order valence-electron chi connectivity index (χ0n) is 8.27. The minimum atomic E-state index is -0.461. The van der Waals surface area contributed by atoms with Crippen LogP contribution in [0, 0.1) is 6.92 Å². The van der Waals surface area contributed by atoms with Crippen molar-refractivity contribution in [1.29, 1.82) is 0 Å². The molecular formula is C10H13ClO2. The van der Waals surface area contributed by atoms with Crippen molar-refractivity contribution in [3.63, 3.8) is 0 Å². The molecule has 2 nitrogen and oxygen atoms in total. The molecule has 1 heterocycles. The van der Waals surface area contributed by atoms with Crippen LogP contribution in [0.3, 0.4) is 0 Å². The molecular weight excluding hydrogens is 188 g/mol. The van der Waals surface area contributed by atoms with Gasteiger partial charge in [-0.25, -0.2) is 0 Å². The van der Waals surface area contributed by atoms with E-state index in [0.29, 0.717) is 5.56 Å². The fourth-order valence-corrected chi connectivity index (χ4v) is 1.54. The lowest BCUT2D eigenvalue weighted by atomic mass is 9.90. The van der Waals surface area contributed by atoms with Crippen LogP contribution in [-0.2, 0) is 5.41 Å². The number of hydrogen-bond donors (Lipinski definition) is 0. The van der Waals surface area contributed by atoms with E-state index in [9.17, 15) is 4.79 Å². The largest absolute Gasteiger partial charge is 0.468 e. The van der Waals surface area contributed by atoms with Crippen molar-refractivity contribution in [2.24, 2.45) is 0 Å². The van der Waals surface area contributed by atoms with Crippen molar-refractivity contribution in [1.82, 2.24) is 0 Å². The second-order valence-corrected chi connectivity index (χ2v) is 4.47. The lowest BCUT2D eigenvalue weighted by molar-refractivity contribution is 0.108. The second-order valence-electron chi connectivity index (χ2n) is 4.13. The topological polar surface area (TPSA) is 30.2 Å². The Morgan fingerprint density at radius 3 is 2.23 bits per heavy atom. The van der Waals surface area contributed by atoms with E-state index >= 15 is 0 Å². The summed E-state index contributed by atoms with van der Waals surface area (Å²) in [4.78, 5) is 10.9. The quantitative estimate of drug-likeness (QED) is 0.652. The van der Waals surface area contributed by atoms with Gasteiger partial charge in [0.25, 0.3) is 5.24 Å². The van der Waals surface area contributed by atoms with Gasteiger partial charge in [0.2, 0.25) is 0 Å². The van der Waals surface area contributed by atoms with Crippen molar-refractivity contribution in [3.8, 4) is 0 Å². The number of halogens is 1. The Morgan fingerprint density at radius 1 is 1.46 bits per heavy atom. The summed E-state index contributed by atoms with van der Waals surface area (Å²) in [5, 5.41) is -0.461. The molecule has 0 saturated heterocycles. The smallest absolute Gasteiger partial charge is 0.255 e. The summed E-state index contributed by atoms with van der Waals surface area (Å²) in [6.07, 6.45) is 1.42. The van der Waals surface area contributed by atoms with Gasteiger partial charge in [-0.05, 0) is 18.5 Å². The van der Waals surface area contributed by atoms with Gasteiger partial charge in [0.1, 0.15) is 12.0 Å². The minimum absolute atomic E-state index is 0.0886. The molecule has 0 bridgehead atoms. The van der Waals surface area contributed by atoms with Gasteiger partial charge < -0.3 is 4.42 Å². The first-order valence-electron chi connectivity index (χ1n) is 4.12. The molecule has 0 aliphatic carbocycles. The highest BCUT2D eigenvalue weighted by Gasteiger charge is 2.24. The molecule has 3 heteroatoms. The fraction of sp³-hybridized carbons (Fsp3) is 0.500. The standard InChI is InChI=1S/C10H13ClO2/c1-6-7(9(11)12)5-13-8(6)10(2,3)4/h5H,1-4H3. The van der Waals surface area contributed by atoms with E-state index in [4.69, 9.17) is 16.0 Å². The summed E-state index contributed by atoms with van der Waals surface area (Å²) in [6.45, 7) is 7.93. The first-order valence-corrected chi connectivity index (χ1v) is 4.50. The minimum Gasteiger partial charge on any atom is -0.468 e. The van der Waals surface area contributed by atoms with Crippen molar-refractivity contribution >= 4 is 16.8 Å². The van der Waals surface area contributed by atoms with Gasteiger partial charge in [-0.1, -0.05) is 20.8 Å². The van der Waals surface area contributed by atoms with Gasteiger partial charge in [0.15, 0.2) is 0 Å². The third kappa shape index (κ3) is 1.94. The zero-order chi connectivity index (χ0) is 10.2. The van der Waals surface area contributed by atoms with Gasteiger partial charge >= 0.3 is 0 Å². The molecule has 0 atom stereocenters. The van der Waals surface area contributed by atoms with Crippen LogP contribution in [-0.4, -0.2) is 5.24 Å². The Labute approximate surface area is 82.9 Å². The molecule has 0 spiro atoms. The summed E-state index contributed by atoms with van der Waals surface area (Å²) in [6, 6.07) is 0. The normalized spacial score (nSPS) is 11.8. The second kappa shape index (κ2) is 3.18. The third-order valence-corrected chi connectivity index (χ3v) is 2.14. The molecule has 0 amide bonds. The SMILES string of the molecule is Cc1c(C(=O)Cl)coc1C(C)(C)C. The van der Waals surface area contributed by atoms with Crippen LogP contribution in [0.1, 0.15) is 42.5 Å². The van der Waals surface area contributed by atoms with E-state index in [0.717, 1.165) is 11.3 Å². The van der Waals surface area contributed by atoms with Crippen LogP contribution >= 0.6 is 11.6 Å². The Bertz CT molecular complexity index is 331. The monoisotopic (exact) mass is 200 g/mol. The van der Waals surface area contributed by atoms with E-state index < -0.39 is 5.24 Å².